The van der Waals surface area contributed by atoms with Crippen LogP contribution >= 0.6 is 0 Å². The maximum Gasteiger partial charge on any atom is 0.336 e. The predicted molar refractivity (Wildman–Crippen MR) is 116 cm³/mol. The number of benzene rings is 2. The maximum absolute atomic E-state index is 12.4. The van der Waals surface area contributed by atoms with Gasteiger partial charge in [0.1, 0.15) is 6.61 Å². The molecule has 0 aliphatic rings. The van der Waals surface area contributed by atoms with Crippen LogP contribution in [0.4, 0.5) is 5.69 Å². The third-order valence-electron chi connectivity index (χ3n) is 4.53. The number of carbonyl (C=O) groups is 1. The smallest absolute Gasteiger partial charge is 0.336 e. The predicted octanol–water partition coefficient (Wildman–Crippen LogP) is 4.11. The molecule has 8 heteroatoms. The Kier molecular flexibility index (Phi) is 6.09. The summed E-state index contributed by atoms with van der Waals surface area (Å²) in [4.78, 5) is 16.9. The number of ether oxygens (including phenoxy) is 2. The van der Waals surface area contributed by atoms with Gasteiger partial charge in [0, 0.05) is 18.4 Å². The van der Waals surface area contributed by atoms with Crippen molar-refractivity contribution in [3.63, 3.8) is 0 Å². The van der Waals surface area contributed by atoms with Gasteiger partial charge < -0.3 is 19.2 Å². The summed E-state index contributed by atoms with van der Waals surface area (Å²) < 4.78 is 17.7. The zero-order valence-electron chi connectivity index (χ0n) is 17.2. The lowest BCUT2D eigenvalue weighted by molar-refractivity contribution is 0.102. The first kappa shape index (κ1) is 20.4. The second kappa shape index (κ2) is 9.27. The molecule has 1 amide bonds. The molecule has 0 fully saturated rings. The third-order valence-corrected chi connectivity index (χ3v) is 4.53. The summed E-state index contributed by atoms with van der Waals surface area (Å²) in [7, 11) is 1.60. The Balaban J connectivity index is 1.55. The number of amides is 1. The number of nitrogens with zero attached hydrogens (tertiary/aromatic N) is 3. The normalized spacial score (nSPS) is 10.8. The van der Waals surface area contributed by atoms with Crippen LogP contribution in [0.3, 0.4) is 0 Å². The number of aryl methyl sites for hydroxylation is 1. The maximum atomic E-state index is 12.4. The van der Waals surface area contributed by atoms with Crippen LogP contribution in [0.1, 0.15) is 15.9 Å². The van der Waals surface area contributed by atoms with E-state index in [0.29, 0.717) is 36.0 Å². The first-order valence-electron chi connectivity index (χ1n) is 9.75. The van der Waals surface area contributed by atoms with Crippen LogP contribution in [0.5, 0.6) is 6.01 Å². The van der Waals surface area contributed by atoms with Crippen LogP contribution < -0.4 is 10.1 Å². The SMILES string of the molecule is COCCOc1nc(-c2ccco2)n(-c2ccc(NC(=O)c3ccc(C)cc3)cc2)n1. The molecule has 8 nitrogen and oxygen atoms in total. The fourth-order valence-electron chi connectivity index (χ4n) is 2.91. The molecule has 158 valence electrons. The van der Waals surface area contributed by atoms with Crippen LogP contribution in [-0.4, -0.2) is 41.0 Å². The summed E-state index contributed by atoms with van der Waals surface area (Å²) in [5.41, 5.74) is 3.12. The van der Waals surface area contributed by atoms with Crippen molar-refractivity contribution in [2.75, 3.05) is 25.6 Å². The molecule has 2 aromatic carbocycles. The highest BCUT2D eigenvalue weighted by molar-refractivity contribution is 6.04. The Morgan fingerprint density at radius 2 is 1.84 bits per heavy atom. The standard InChI is InChI=1S/C23H22N4O4/c1-16-5-7-17(8-6-16)22(28)24-18-9-11-19(12-10-18)27-21(20-4-3-13-30-20)25-23(26-27)31-15-14-29-2/h3-13H,14-15H2,1-2H3,(H,24,28). The number of carbonyl (C=O) groups excluding carboxylic acids is 1. The molecule has 2 aromatic heterocycles. The van der Waals surface area contributed by atoms with Crippen molar-refractivity contribution >= 4 is 11.6 Å². The minimum atomic E-state index is -0.168. The van der Waals surface area contributed by atoms with Gasteiger partial charge in [0.05, 0.1) is 18.6 Å². The summed E-state index contributed by atoms with van der Waals surface area (Å²) in [5, 5.41) is 7.33. The monoisotopic (exact) mass is 418 g/mol. The van der Waals surface area contributed by atoms with Crippen molar-refractivity contribution in [2.24, 2.45) is 0 Å². The lowest BCUT2D eigenvalue weighted by Crippen LogP contribution is -2.11. The molecule has 0 saturated heterocycles. The molecule has 0 unspecified atom stereocenters. The summed E-state index contributed by atoms with van der Waals surface area (Å²) in [6, 6.07) is 18.5. The van der Waals surface area contributed by atoms with Gasteiger partial charge in [-0.3, -0.25) is 4.79 Å². The molecule has 31 heavy (non-hydrogen) atoms. The van der Waals surface area contributed by atoms with Crippen LogP contribution in [0.2, 0.25) is 0 Å². The average molecular weight is 418 g/mol. The first-order valence-corrected chi connectivity index (χ1v) is 9.75. The third kappa shape index (κ3) is 4.81. The van der Waals surface area contributed by atoms with E-state index in [-0.39, 0.29) is 11.9 Å². The highest BCUT2D eigenvalue weighted by Gasteiger charge is 2.17. The van der Waals surface area contributed by atoms with E-state index >= 15 is 0 Å². The van der Waals surface area contributed by atoms with Gasteiger partial charge in [-0.05, 0) is 55.5 Å². The highest BCUT2D eigenvalue weighted by atomic mass is 16.5. The van der Waals surface area contributed by atoms with Crippen LogP contribution in [0.15, 0.2) is 71.3 Å². The molecule has 0 aliphatic carbocycles. The van der Waals surface area contributed by atoms with Gasteiger partial charge in [0.25, 0.3) is 5.91 Å². The summed E-state index contributed by atoms with van der Waals surface area (Å²) in [5.74, 6) is 0.901. The topological polar surface area (TPSA) is 91.4 Å². The van der Waals surface area contributed by atoms with Gasteiger partial charge in [-0.1, -0.05) is 17.7 Å². The molecular weight excluding hydrogens is 396 g/mol. The molecular formula is C23H22N4O4. The first-order chi connectivity index (χ1) is 15.1. The highest BCUT2D eigenvalue weighted by Crippen LogP contribution is 2.25. The van der Waals surface area contributed by atoms with Crippen LogP contribution in [0.25, 0.3) is 17.3 Å². The van der Waals surface area contributed by atoms with Gasteiger partial charge in [-0.25, -0.2) is 4.68 Å². The fraction of sp³-hybridized carbons (Fsp3) is 0.174. The summed E-state index contributed by atoms with van der Waals surface area (Å²) in [6.45, 7) is 2.75. The molecule has 4 rings (SSSR count). The van der Waals surface area contributed by atoms with Crippen molar-refractivity contribution in [1.82, 2.24) is 14.8 Å². The number of methoxy groups -OCH3 is 1. The lowest BCUT2D eigenvalue weighted by atomic mass is 10.1. The Labute approximate surface area is 179 Å². The number of hydrogen-bond donors (Lipinski definition) is 1. The van der Waals surface area contributed by atoms with Crippen molar-refractivity contribution in [1.29, 1.82) is 0 Å². The van der Waals surface area contributed by atoms with E-state index in [1.165, 1.54) is 0 Å². The molecule has 4 aromatic rings. The number of rotatable bonds is 8. The van der Waals surface area contributed by atoms with Crippen molar-refractivity contribution in [3.05, 3.63) is 78.1 Å². The Bertz CT molecular complexity index is 1130. The number of furan rings is 1. The van der Waals surface area contributed by atoms with E-state index < -0.39 is 0 Å². The number of anilines is 1. The molecule has 2 heterocycles. The molecule has 0 aliphatic heterocycles. The van der Waals surface area contributed by atoms with Crippen molar-refractivity contribution in [2.45, 2.75) is 6.92 Å². The molecule has 0 spiro atoms. The summed E-state index contributed by atoms with van der Waals surface area (Å²) >= 11 is 0. The molecule has 0 bridgehead atoms. The minimum absolute atomic E-state index is 0.168. The Hall–Kier alpha value is -3.91. The van der Waals surface area contributed by atoms with E-state index in [9.17, 15) is 4.79 Å². The van der Waals surface area contributed by atoms with Crippen molar-refractivity contribution < 1.29 is 18.7 Å². The van der Waals surface area contributed by atoms with Gasteiger partial charge in [0.15, 0.2) is 5.76 Å². The Morgan fingerprint density at radius 3 is 2.52 bits per heavy atom. The van der Waals surface area contributed by atoms with E-state index in [1.807, 2.05) is 31.2 Å². The second-order valence-corrected chi connectivity index (χ2v) is 6.82. The number of aromatic nitrogens is 3. The largest absolute Gasteiger partial charge is 0.461 e. The number of hydrogen-bond acceptors (Lipinski definition) is 6. The minimum Gasteiger partial charge on any atom is -0.461 e. The lowest BCUT2D eigenvalue weighted by Gasteiger charge is -2.08. The van der Waals surface area contributed by atoms with Gasteiger partial charge in [-0.15, -0.1) is 5.10 Å². The van der Waals surface area contributed by atoms with Gasteiger partial charge in [0.2, 0.25) is 5.82 Å². The molecule has 0 saturated carbocycles. The molecule has 0 radical (unpaired) electrons. The molecule has 0 atom stereocenters. The average Bonchev–Trinajstić information content (AvgIpc) is 3.45. The van der Waals surface area contributed by atoms with E-state index in [0.717, 1.165) is 11.3 Å². The second-order valence-electron chi connectivity index (χ2n) is 6.82. The van der Waals surface area contributed by atoms with E-state index in [4.69, 9.17) is 13.9 Å². The fourth-order valence-corrected chi connectivity index (χ4v) is 2.91. The van der Waals surface area contributed by atoms with Crippen molar-refractivity contribution in [3.8, 4) is 23.3 Å². The van der Waals surface area contributed by atoms with Gasteiger partial charge in [-0.2, -0.15) is 4.98 Å². The van der Waals surface area contributed by atoms with Crippen LogP contribution in [-0.2, 0) is 4.74 Å². The van der Waals surface area contributed by atoms with Gasteiger partial charge >= 0.3 is 6.01 Å². The van der Waals surface area contributed by atoms with Crippen LogP contribution in [0, 0.1) is 6.92 Å². The zero-order valence-corrected chi connectivity index (χ0v) is 17.2. The Morgan fingerprint density at radius 1 is 1.06 bits per heavy atom. The molecule has 1 N–H and O–H groups in total. The van der Waals surface area contributed by atoms with E-state index in [1.54, 1.807) is 54.5 Å². The summed E-state index contributed by atoms with van der Waals surface area (Å²) in [6.07, 6.45) is 1.57. The zero-order chi connectivity index (χ0) is 21.6. The number of nitrogens with one attached hydrogen (secondary N) is 1. The quantitative estimate of drug-likeness (QED) is 0.433. The van der Waals surface area contributed by atoms with E-state index in [2.05, 4.69) is 15.4 Å².